The molecule has 2 saturated heterocycles. The minimum atomic E-state index is -4.49. The zero-order chi connectivity index (χ0) is 29.2. The molecule has 1 aromatic rings. The molecule has 0 radical (unpaired) electrons. The van der Waals surface area contributed by atoms with E-state index >= 15 is 0 Å². The summed E-state index contributed by atoms with van der Waals surface area (Å²) in [6.07, 6.45) is -3.28. The lowest BCUT2D eigenvalue weighted by molar-refractivity contribution is -0.160. The maximum absolute atomic E-state index is 13.8. The standard InChI is InChI=1S/C29H43F3N2O5/c1-27(2,3)38-25(35)19-10-13-33(14-11-19)24-16-21(29(30,31)32)8-9-22(24)23-18-34(17-20(23)12-15-37-7)26(36)39-28(4,5)6/h8-9,16,19-20,23H,10-15,17-18H2,1-7H3/t20-,23-/m0/s1. The van der Waals surface area contributed by atoms with E-state index in [9.17, 15) is 22.8 Å². The monoisotopic (exact) mass is 556 g/mol. The van der Waals surface area contributed by atoms with E-state index in [1.165, 1.54) is 6.07 Å². The molecule has 220 valence electrons. The number of nitrogens with zero attached hydrogens (tertiary/aromatic N) is 2. The van der Waals surface area contributed by atoms with Gasteiger partial charge in [-0.05, 0) is 84.4 Å². The summed E-state index contributed by atoms with van der Waals surface area (Å²) in [4.78, 5) is 29.1. The lowest BCUT2D eigenvalue weighted by atomic mass is 9.84. The average molecular weight is 557 g/mol. The van der Waals surface area contributed by atoms with Crippen LogP contribution in [0, 0.1) is 11.8 Å². The van der Waals surface area contributed by atoms with Gasteiger partial charge in [0.1, 0.15) is 11.2 Å². The quantitative estimate of drug-likeness (QED) is 0.386. The number of methoxy groups -OCH3 is 1. The molecule has 0 saturated carbocycles. The topological polar surface area (TPSA) is 68.3 Å². The van der Waals surface area contributed by atoms with Gasteiger partial charge in [-0.2, -0.15) is 13.2 Å². The molecule has 2 aliphatic rings. The van der Waals surface area contributed by atoms with Crippen LogP contribution in [0.15, 0.2) is 18.2 Å². The normalized spacial score (nSPS) is 21.3. The van der Waals surface area contributed by atoms with E-state index in [1.807, 2.05) is 25.7 Å². The Morgan fingerprint density at radius 3 is 2.10 bits per heavy atom. The number of benzene rings is 1. The number of piperidine rings is 1. The van der Waals surface area contributed by atoms with Crippen molar-refractivity contribution in [2.45, 2.75) is 84.1 Å². The Morgan fingerprint density at radius 2 is 1.56 bits per heavy atom. The van der Waals surface area contributed by atoms with E-state index in [-0.39, 0.29) is 23.7 Å². The maximum Gasteiger partial charge on any atom is 0.416 e. The SMILES string of the molecule is COCC[C@H]1CN(C(=O)OC(C)(C)C)C[C@@H]1c1ccc(C(F)(F)F)cc1N1CCC(C(=O)OC(C)(C)C)CC1. The predicted molar refractivity (Wildman–Crippen MR) is 143 cm³/mol. The summed E-state index contributed by atoms with van der Waals surface area (Å²) in [5.74, 6) is -0.756. The third kappa shape index (κ3) is 8.50. The largest absolute Gasteiger partial charge is 0.460 e. The van der Waals surface area contributed by atoms with Crippen molar-refractivity contribution in [1.29, 1.82) is 0 Å². The number of carbonyl (C=O) groups is 2. The van der Waals surface area contributed by atoms with Crippen molar-refractivity contribution in [2.75, 3.05) is 44.8 Å². The molecule has 0 unspecified atom stereocenters. The molecule has 7 nitrogen and oxygen atoms in total. The van der Waals surface area contributed by atoms with Crippen LogP contribution in [0.3, 0.4) is 0 Å². The molecule has 0 aliphatic carbocycles. The van der Waals surface area contributed by atoms with Crippen molar-refractivity contribution in [3.05, 3.63) is 29.3 Å². The van der Waals surface area contributed by atoms with Gasteiger partial charge >= 0.3 is 18.2 Å². The van der Waals surface area contributed by atoms with E-state index in [2.05, 4.69) is 0 Å². The van der Waals surface area contributed by atoms with Crippen LogP contribution in [0.2, 0.25) is 0 Å². The van der Waals surface area contributed by atoms with Gasteiger partial charge in [-0.15, -0.1) is 0 Å². The minimum Gasteiger partial charge on any atom is -0.460 e. The summed E-state index contributed by atoms with van der Waals surface area (Å²) in [6.45, 7) is 13.0. The third-order valence-electron chi connectivity index (χ3n) is 7.12. The Kier molecular flexibility index (Phi) is 9.51. The first-order chi connectivity index (χ1) is 18.0. The second-order valence-electron chi connectivity index (χ2n) is 12.6. The Balaban J connectivity index is 1.90. The molecule has 0 N–H and O–H groups in total. The predicted octanol–water partition coefficient (Wildman–Crippen LogP) is 6.25. The van der Waals surface area contributed by atoms with Crippen molar-refractivity contribution in [3.63, 3.8) is 0 Å². The Labute approximate surface area is 229 Å². The number of amides is 1. The van der Waals surface area contributed by atoms with Gasteiger partial charge in [0.25, 0.3) is 0 Å². The number of halogens is 3. The summed E-state index contributed by atoms with van der Waals surface area (Å²) in [6, 6.07) is 3.89. The number of ether oxygens (including phenoxy) is 3. The van der Waals surface area contributed by atoms with Gasteiger partial charge in [0.15, 0.2) is 0 Å². The maximum atomic E-state index is 13.8. The van der Waals surface area contributed by atoms with Gasteiger partial charge in [0, 0.05) is 51.5 Å². The van der Waals surface area contributed by atoms with Crippen molar-refractivity contribution >= 4 is 17.7 Å². The van der Waals surface area contributed by atoms with E-state index in [4.69, 9.17) is 14.2 Å². The molecule has 2 fully saturated rings. The molecule has 2 aliphatic heterocycles. The van der Waals surface area contributed by atoms with E-state index in [0.717, 1.165) is 11.6 Å². The van der Waals surface area contributed by atoms with Gasteiger partial charge in [-0.3, -0.25) is 4.79 Å². The van der Waals surface area contributed by atoms with E-state index in [0.29, 0.717) is 57.7 Å². The Morgan fingerprint density at radius 1 is 0.949 bits per heavy atom. The summed E-state index contributed by atoms with van der Waals surface area (Å²) < 4.78 is 57.8. The fourth-order valence-corrected chi connectivity index (χ4v) is 5.31. The fraction of sp³-hybridized carbons (Fsp3) is 0.724. The molecule has 39 heavy (non-hydrogen) atoms. The fourth-order valence-electron chi connectivity index (χ4n) is 5.31. The van der Waals surface area contributed by atoms with Crippen LogP contribution in [-0.4, -0.2) is 68.1 Å². The van der Waals surface area contributed by atoms with Crippen molar-refractivity contribution < 1.29 is 37.0 Å². The smallest absolute Gasteiger partial charge is 0.416 e. The summed E-state index contributed by atoms with van der Waals surface area (Å²) in [5, 5.41) is 0. The highest BCUT2D eigenvalue weighted by Crippen LogP contribution is 2.43. The highest BCUT2D eigenvalue weighted by molar-refractivity contribution is 5.73. The van der Waals surface area contributed by atoms with Crippen LogP contribution in [0.25, 0.3) is 0 Å². The van der Waals surface area contributed by atoms with Gasteiger partial charge in [0.2, 0.25) is 0 Å². The summed E-state index contributed by atoms with van der Waals surface area (Å²) >= 11 is 0. The minimum absolute atomic E-state index is 0.00717. The van der Waals surface area contributed by atoms with Gasteiger partial charge in [-0.1, -0.05) is 6.07 Å². The van der Waals surface area contributed by atoms with Gasteiger partial charge < -0.3 is 24.0 Å². The lowest BCUT2D eigenvalue weighted by Crippen LogP contribution is -2.39. The van der Waals surface area contributed by atoms with Crippen molar-refractivity contribution in [2.24, 2.45) is 11.8 Å². The van der Waals surface area contributed by atoms with Crippen molar-refractivity contribution in [1.82, 2.24) is 4.90 Å². The number of esters is 1. The number of likely N-dealkylation sites (tertiary alicyclic amines) is 1. The number of alkyl halides is 3. The molecular formula is C29H43F3N2O5. The highest BCUT2D eigenvalue weighted by atomic mass is 19.4. The molecule has 2 heterocycles. The first kappa shape index (κ1) is 31.0. The number of hydrogen-bond acceptors (Lipinski definition) is 6. The molecule has 1 amide bonds. The molecule has 1 aromatic carbocycles. The second-order valence-corrected chi connectivity index (χ2v) is 12.6. The Hall–Kier alpha value is -2.49. The molecule has 0 spiro atoms. The molecule has 3 rings (SSSR count). The molecule has 2 atom stereocenters. The second kappa shape index (κ2) is 11.9. The van der Waals surface area contributed by atoms with Crippen molar-refractivity contribution in [3.8, 4) is 0 Å². The van der Waals surface area contributed by atoms with E-state index < -0.39 is 29.0 Å². The third-order valence-corrected chi connectivity index (χ3v) is 7.12. The van der Waals surface area contributed by atoms with Crippen LogP contribution in [0.1, 0.15) is 77.8 Å². The average Bonchev–Trinajstić information content (AvgIpc) is 3.24. The van der Waals surface area contributed by atoms with E-state index in [1.54, 1.807) is 38.8 Å². The zero-order valence-electron chi connectivity index (χ0n) is 24.2. The molecule has 0 aromatic heterocycles. The lowest BCUT2D eigenvalue weighted by Gasteiger charge is -2.36. The zero-order valence-corrected chi connectivity index (χ0v) is 24.2. The molecular weight excluding hydrogens is 513 g/mol. The number of anilines is 1. The molecule has 10 heteroatoms. The first-order valence-electron chi connectivity index (χ1n) is 13.6. The highest BCUT2D eigenvalue weighted by Gasteiger charge is 2.41. The van der Waals surface area contributed by atoms with Crippen LogP contribution in [0.5, 0.6) is 0 Å². The number of carbonyl (C=O) groups excluding carboxylic acids is 2. The van der Waals surface area contributed by atoms with Crippen LogP contribution < -0.4 is 4.90 Å². The molecule has 0 bridgehead atoms. The first-order valence-corrected chi connectivity index (χ1v) is 13.6. The summed E-state index contributed by atoms with van der Waals surface area (Å²) in [7, 11) is 1.61. The Bertz CT molecular complexity index is 1010. The van der Waals surface area contributed by atoms with Crippen LogP contribution >= 0.6 is 0 Å². The number of rotatable bonds is 6. The van der Waals surface area contributed by atoms with Crippen LogP contribution in [0.4, 0.5) is 23.7 Å². The number of hydrogen-bond donors (Lipinski definition) is 0. The van der Waals surface area contributed by atoms with Crippen LogP contribution in [-0.2, 0) is 25.2 Å². The summed E-state index contributed by atoms with van der Waals surface area (Å²) in [5.41, 5.74) is -0.695. The van der Waals surface area contributed by atoms with Gasteiger partial charge in [-0.25, -0.2) is 4.79 Å². The van der Waals surface area contributed by atoms with Gasteiger partial charge in [0.05, 0.1) is 11.5 Å².